The first-order valence-corrected chi connectivity index (χ1v) is 9.82. The van der Waals surface area contributed by atoms with E-state index in [1.165, 1.54) is 17.4 Å². The highest BCUT2D eigenvalue weighted by atomic mass is 32.1. The fraction of sp³-hybridized carbons (Fsp3) is 0.238. The number of rotatable bonds is 5. The summed E-state index contributed by atoms with van der Waals surface area (Å²) in [4.78, 5) is 27.8. The summed E-state index contributed by atoms with van der Waals surface area (Å²) < 4.78 is 16.2. The minimum atomic E-state index is -0.442. The third-order valence-corrected chi connectivity index (χ3v) is 5.84. The summed E-state index contributed by atoms with van der Waals surface area (Å²) >= 11 is 1.42. The molecule has 138 valence electrons. The van der Waals surface area contributed by atoms with Gasteiger partial charge in [-0.05, 0) is 54.6 Å². The Morgan fingerprint density at radius 3 is 2.67 bits per heavy atom. The Bertz CT molecular complexity index is 951. The molecule has 1 saturated heterocycles. The number of likely N-dealkylation sites (tertiary alicyclic amines) is 1. The lowest BCUT2D eigenvalue weighted by Crippen LogP contribution is -2.36. The maximum Gasteiger partial charge on any atom is 0.254 e. The Morgan fingerprint density at radius 2 is 1.96 bits per heavy atom. The molecule has 2 aromatic heterocycles. The molecule has 1 aliphatic heterocycles. The zero-order valence-electron chi connectivity index (χ0n) is 14.7. The van der Waals surface area contributed by atoms with Crippen molar-refractivity contribution < 1.29 is 14.0 Å². The van der Waals surface area contributed by atoms with E-state index in [0.29, 0.717) is 24.2 Å². The molecule has 0 aliphatic carbocycles. The van der Waals surface area contributed by atoms with E-state index in [2.05, 4.69) is 0 Å². The molecule has 1 atom stereocenters. The molecule has 0 spiro atoms. The average molecular weight is 382 g/mol. The number of nitrogens with zero attached hydrogens (tertiary/aromatic N) is 2. The van der Waals surface area contributed by atoms with Crippen LogP contribution in [0.5, 0.6) is 0 Å². The maximum atomic E-state index is 14.5. The Balaban J connectivity index is 1.51. The first-order chi connectivity index (χ1) is 13.1. The highest BCUT2D eigenvalue weighted by Crippen LogP contribution is 2.26. The van der Waals surface area contributed by atoms with Crippen LogP contribution in [0.15, 0.2) is 60.2 Å². The van der Waals surface area contributed by atoms with Gasteiger partial charge in [-0.1, -0.05) is 6.07 Å². The van der Waals surface area contributed by atoms with E-state index in [4.69, 9.17) is 0 Å². The third-order valence-electron chi connectivity index (χ3n) is 4.93. The Kier molecular flexibility index (Phi) is 4.90. The van der Waals surface area contributed by atoms with Crippen LogP contribution < -0.4 is 0 Å². The van der Waals surface area contributed by atoms with Crippen LogP contribution in [-0.4, -0.2) is 33.7 Å². The molecule has 4 rings (SSSR count). The molecular weight excluding hydrogens is 363 g/mol. The van der Waals surface area contributed by atoms with Crippen molar-refractivity contribution in [3.8, 4) is 5.69 Å². The van der Waals surface area contributed by atoms with Gasteiger partial charge in [0, 0.05) is 37.0 Å². The smallest absolute Gasteiger partial charge is 0.254 e. The van der Waals surface area contributed by atoms with Crippen LogP contribution in [0.2, 0.25) is 0 Å². The number of aromatic nitrogens is 1. The van der Waals surface area contributed by atoms with Crippen molar-refractivity contribution >= 4 is 23.0 Å². The minimum Gasteiger partial charge on any atom is -0.335 e. The lowest BCUT2D eigenvalue weighted by Gasteiger charge is -2.24. The van der Waals surface area contributed by atoms with Gasteiger partial charge in [0.15, 0.2) is 5.78 Å². The van der Waals surface area contributed by atoms with E-state index in [0.717, 1.165) is 17.7 Å². The summed E-state index contributed by atoms with van der Waals surface area (Å²) in [7, 11) is 0. The standard InChI is InChI=1S/C21H19FN2O2S/c22-17-13-15(7-8-18(17)23-9-1-2-10-23)21(26)24-11-3-5-16(24)14-19(25)20-6-4-12-27-20/h1-2,4,6-10,12-13,16H,3,5,11,14H2/t16-/m0/s1. The van der Waals surface area contributed by atoms with Gasteiger partial charge < -0.3 is 9.47 Å². The summed E-state index contributed by atoms with van der Waals surface area (Å²) in [5.41, 5.74) is 0.723. The number of ketones is 1. The van der Waals surface area contributed by atoms with Crippen molar-refractivity contribution in [2.24, 2.45) is 0 Å². The van der Waals surface area contributed by atoms with Gasteiger partial charge in [-0.25, -0.2) is 4.39 Å². The van der Waals surface area contributed by atoms with E-state index in [-0.39, 0.29) is 17.7 Å². The van der Waals surface area contributed by atoms with Crippen LogP contribution in [0.1, 0.15) is 39.3 Å². The van der Waals surface area contributed by atoms with Gasteiger partial charge in [0.1, 0.15) is 5.82 Å². The molecule has 27 heavy (non-hydrogen) atoms. The van der Waals surface area contributed by atoms with Crippen molar-refractivity contribution in [1.29, 1.82) is 0 Å². The number of halogens is 1. The van der Waals surface area contributed by atoms with Crippen LogP contribution in [0, 0.1) is 5.82 Å². The van der Waals surface area contributed by atoms with Gasteiger partial charge in [-0.2, -0.15) is 0 Å². The molecule has 1 fully saturated rings. The van der Waals surface area contributed by atoms with Crippen molar-refractivity contribution in [2.75, 3.05) is 6.54 Å². The van der Waals surface area contributed by atoms with Crippen LogP contribution in [0.25, 0.3) is 5.69 Å². The zero-order valence-corrected chi connectivity index (χ0v) is 15.5. The van der Waals surface area contributed by atoms with Gasteiger partial charge in [0.2, 0.25) is 0 Å². The summed E-state index contributed by atoms with van der Waals surface area (Å²) in [5.74, 6) is -0.597. The van der Waals surface area contributed by atoms with E-state index < -0.39 is 5.82 Å². The van der Waals surface area contributed by atoms with Crippen LogP contribution in [0.4, 0.5) is 4.39 Å². The predicted octanol–water partition coefficient (Wildman–Crippen LogP) is 4.56. The number of thiophene rings is 1. The second-order valence-corrected chi connectivity index (χ2v) is 7.60. The van der Waals surface area contributed by atoms with Crippen LogP contribution in [0.3, 0.4) is 0 Å². The van der Waals surface area contributed by atoms with E-state index in [1.807, 2.05) is 29.6 Å². The second kappa shape index (κ2) is 7.48. The Hall–Kier alpha value is -2.73. The fourth-order valence-electron chi connectivity index (χ4n) is 3.58. The molecule has 3 aromatic rings. The number of Topliss-reactive ketones (excluding diaryl/α,β-unsaturated/α-hetero) is 1. The number of carbonyl (C=O) groups excluding carboxylic acids is 2. The fourth-order valence-corrected chi connectivity index (χ4v) is 4.25. The second-order valence-electron chi connectivity index (χ2n) is 6.66. The Labute approximate surface area is 160 Å². The summed E-state index contributed by atoms with van der Waals surface area (Å²) in [6, 6.07) is 11.7. The molecule has 1 aromatic carbocycles. The molecule has 1 amide bonds. The first kappa shape index (κ1) is 17.7. The predicted molar refractivity (Wildman–Crippen MR) is 103 cm³/mol. The quantitative estimate of drug-likeness (QED) is 0.607. The molecule has 0 radical (unpaired) electrons. The Morgan fingerprint density at radius 1 is 1.15 bits per heavy atom. The summed E-state index contributed by atoms with van der Waals surface area (Å²) in [5, 5.41) is 1.87. The van der Waals surface area contributed by atoms with Crippen LogP contribution >= 0.6 is 11.3 Å². The van der Waals surface area contributed by atoms with Crippen molar-refractivity contribution in [3.05, 3.63) is 76.5 Å². The minimum absolute atomic E-state index is 0.0591. The van der Waals surface area contributed by atoms with Gasteiger partial charge in [-0.3, -0.25) is 9.59 Å². The number of carbonyl (C=O) groups is 2. The lowest BCUT2D eigenvalue weighted by molar-refractivity contribution is 0.0717. The summed E-state index contributed by atoms with van der Waals surface area (Å²) in [6.45, 7) is 0.599. The first-order valence-electron chi connectivity index (χ1n) is 8.94. The van der Waals surface area contributed by atoms with Gasteiger partial charge in [0.25, 0.3) is 5.91 Å². The van der Waals surface area contributed by atoms with E-state index in [1.54, 1.807) is 34.0 Å². The van der Waals surface area contributed by atoms with Crippen molar-refractivity contribution in [2.45, 2.75) is 25.3 Å². The highest BCUT2D eigenvalue weighted by Gasteiger charge is 2.31. The van der Waals surface area contributed by atoms with E-state index >= 15 is 0 Å². The molecule has 1 aliphatic rings. The molecular formula is C21H19FN2O2S. The maximum absolute atomic E-state index is 14.5. The zero-order chi connectivity index (χ0) is 18.8. The lowest BCUT2D eigenvalue weighted by atomic mass is 10.1. The molecule has 3 heterocycles. The topological polar surface area (TPSA) is 42.3 Å². The number of hydrogen-bond acceptors (Lipinski definition) is 3. The number of hydrogen-bond donors (Lipinski definition) is 0. The molecule has 0 saturated carbocycles. The molecule has 6 heteroatoms. The monoisotopic (exact) mass is 382 g/mol. The van der Waals surface area contributed by atoms with Gasteiger partial charge in [0.05, 0.1) is 10.6 Å². The molecule has 0 bridgehead atoms. The van der Waals surface area contributed by atoms with Crippen LogP contribution in [-0.2, 0) is 0 Å². The van der Waals surface area contributed by atoms with Gasteiger partial charge >= 0.3 is 0 Å². The normalized spacial score (nSPS) is 16.6. The molecule has 4 nitrogen and oxygen atoms in total. The van der Waals surface area contributed by atoms with Gasteiger partial charge in [-0.15, -0.1) is 11.3 Å². The number of benzene rings is 1. The summed E-state index contributed by atoms with van der Waals surface area (Å²) in [6.07, 6.45) is 5.49. The third kappa shape index (κ3) is 3.57. The van der Waals surface area contributed by atoms with Crippen molar-refractivity contribution in [3.63, 3.8) is 0 Å². The van der Waals surface area contributed by atoms with Crippen molar-refractivity contribution in [1.82, 2.24) is 9.47 Å². The molecule has 0 unspecified atom stereocenters. The largest absolute Gasteiger partial charge is 0.335 e. The highest BCUT2D eigenvalue weighted by molar-refractivity contribution is 7.12. The number of amides is 1. The average Bonchev–Trinajstić information content (AvgIpc) is 3.42. The molecule has 0 N–H and O–H groups in total. The SMILES string of the molecule is O=C(C[C@@H]1CCCN1C(=O)c1ccc(-n2cccc2)c(F)c1)c1cccs1. The van der Waals surface area contributed by atoms with E-state index in [9.17, 15) is 14.0 Å².